The van der Waals surface area contributed by atoms with Crippen molar-refractivity contribution in [1.82, 2.24) is 20.4 Å². The molecular weight excluding hydrogens is 148 g/mol. The van der Waals surface area contributed by atoms with E-state index in [1.54, 1.807) is 0 Å². The van der Waals surface area contributed by atoms with E-state index in [4.69, 9.17) is 5.73 Å². The molecule has 0 fully saturated rings. The Morgan fingerprint density at radius 2 is 2.27 bits per heavy atom. The summed E-state index contributed by atoms with van der Waals surface area (Å²) in [5.41, 5.74) is 5.51. The van der Waals surface area contributed by atoms with E-state index in [-0.39, 0.29) is 17.0 Å². The summed E-state index contributed by atoms with van der Waals surface area (Å²) in [6.07, 6.45) is 0. The Hall–Kier alpha value is -1.92. The van der Waals surface area contributed by atoms with Gasteiger partial charge < -0.3 is 5.73 Å². The van der Waals surface area contributed by atoms with Crippen LogP contribution < -0.4 is 16.3 Å². The molecule has 7 nitrogen and oxygen atoms in total. The van der Waals surface area contributed by atoms with Gasteiger partial charge in [-0.3, -0.25) is 4.79 Å². The third-order valence-electron chi connectivity index (χ3n) is 1.26. The van der Waals surface area contributed by atoms with Gasteiger partial charge in [0.2, 0.25) is 5.52 Å². The van der Waals surface area contributed by atoms with E-state index in [0.29, 0.717) is 5.65 Å². The number of nitrogens with two attached hydrogens (primary N) is 1. The molecule has 5 N–H and O–H groups in total. The van der Waals surface area contributed by atoms with Gasteiger partial charge in [-0.25, -0.2) is 9.97 Å². The fourth-order valence-electron chi connectivity index (χ4n) is 0.817. The van der Waals surface area contributed by atoms with Gasteiger partial charge in [0, 0.05) is 0 Å². The first-order chi connectivity index (χ1) is 5.27. The molecule has 0 unspecified atom stereocenters. The van der Waals surface area contributed by atoms with Crippen molar-refractivity contribution >= 4 is 17.1 Å². The maximum atomic E-state index is 11.0. The molecule has 2 rings (SSSR count). The first-order valence-corrected chi connectivity index (χ1v) is 2.89. The van der Waals surface area contributed by atoms with Crippen LogP contribution in [0.25, 0.3) is 11.2 Å². The van der Waals surface area contributed by atoms with Crippen LogP contribution in [0.5, 0.6) is 0 Å². The van der Waals surface area contributed by atoms with Gasteiger partial charge in [-0.15, -0.1) is 10.3 Å². The Labute approximate surface area is 59.6 Å². The average molecular weight is 153 g/mol. The third-order valence-corrected chi connectivity index (χ3v) is 1.26. The number of rotatable bonds is 0. The molecule has 0 amide bonds. The highest BCUT2D eigenvalue weighted by molar-refractivity contribution is 5.63. The van der Waals surface area contributed by atoms with Crippen molar-refractivity contribution in [2.24, 2.45) is 0 Å². The molecular formula is C4H5N6O+. The number of nitrogen functional groups attached to an aromatic ring is 1. The molecule has 0 atom stereocenters. The summed E-state index contributed by atoms with van der Waals surface area (Å²) in [4.78, 5) is 16.0. The quantitative estimate of drug-likeness (QED) is 0.407. The molecule has 2 aromatic rings. The third kappa shape index (κ3) is 0.741. The minimum Gasteiger partial charge on any atom is -0.310 e. The smallest absolute Gasteiger partial charge is 0.310 e. The minimum atomic E-state index is -0.356. The SMILES string of the molecule is Nc1[nH]c(=O)c2n[nH]nc2[nH+]1. The molecule has 2 heterocycles. The number of aromatic nitrogens is 5. The summed E-state index contributed by atoms with van der Waals surface area (Å²) in [6.45, 7) is 0. The molecule has 0 aliphatic rings. The minimum absolute atomic E-state index is 0.163. The molecule has 7 heteroatoms. The highest BCUT2D eigenvalue weighted by atomic mass is 16.1. The predicted octanol–water partition coefficient (Wildman–Crippen LogP) is -1.96. The normalized spacial score (nSPS) is 10.5. The molecule has 0 aromatic carbocycles. The molecule has 2 aromatic heterocycles. The number of anilines is 1. The average Bonchev–Trinajstić information content (AvgIpc) is 2.34. The largest absolute Gasteiger partial charge is 0.326 e. The van der Waals surface area contributed by atoms with Crippen LogP contribution in [0.15, 0.2) is 4.79 Å². The van der Waals surface area contributed by atoms with E-state index in [9.17, 15) is 4.79 Å². The number of fused-ring (bicyclic) bond motifs is 1. The van der Waals surface area contributed by atoms with Crippen molar-refractivity contribution in [3.63, 3.8) is 0 Å². The van der Waals surface area contributed by atoms with Crippen molar-refractivity contribution in [2.75, 3.05) is 5.73 Å². The van der Waals surface area contributed by atoms with Gasteiger partial charge in [0.1, 0.15) is 0 Å². The van der Waals surface area contributed by atoms with Crippen LogP contribution in [-0.2, 0) is 0 Å². The van der Waals surface area contributed by atoms with E-state index >= 15 is 0 Å². The number of hydrogen-bond donors (Lipinski definition) is 3. The molecule has 0 saturated heterocycles. The van der Waals surface area contributed by atoms with Gasteiger partial charge in [-0.05, 0) is 5.10 Å². The van der Waals surface area contributed by atoms with Crippen LogP contribution in [-0.4, -0.2) is 20.4 Å². The molecule has 0 aliphatic carbocycles. The molecule has 11 heavy (non-hydrogen) atoms. The maximum absolute atomic E-state index is 11.0. The van der Waals surface area contributed by atoms with Gasteiger partial charge in [0.05, 0.1) is 0 Å². The second-order valence-electron chi connectivity index (χ2n) is 2.01. The highest BCUT2D eigenvalue weighted by Crippen LogP contribution is 1.90. The van der Waals surface area contributed by atoms with E-state index in [1.807, 2.05) is 0 Å². The topological polar surface area (TPSA) is 115 Å². The Bertz CT molecular complexity index is 441. The fraction of sp³-hybridized carbons (Fsp3) is 0. The number of nitrogens with zero attached hydrogens (tertiary/aromatic N) is 2. The number of hydrogen-bond acceptors (Lipinski definition) is 4. The first-order valence-electron chi connectivity index (χ1n) is 2.89. The lowest BCUT2D eigenvalue weighted by Gasteiger charge is -1.82. The van der Waals surface area contributed by atoms with Gasteiger partial charge >= 0.3 is 11.5 Å². The Morgan fingerprint density at radius 1 is 1.45 bits per heavy atom. The van der Waals surface area contributed by atoms with E-state index < -0.39 is 0 Å². The molecule has 0 saturated carbocycles. The lowest BCUT2D eigenvalue weighted by molar-refractivity contribution is -0.334. The van der Waals surface area contributed by atoms with Crippen molar-refractivity contribution < 1.29 is 4.98 Å². The molecule has 0 spiro atoms. The monoisotopic (exact) mass is 153 g/mol. The fourth-order valence-corrected chi connectivity index (χ4v) is 0.817. The van der Waals surface area contributed by atoms with Crippen LogP contribution in [0.3, 0.4) is 0 Å². The van der Waals surface area contributed by atoms with Gasteiger partial charge in [-0.2, -0.15) is 0 Å². The van der Waals surface area contributed by atoms with Crippen LogP contribution >= 0.6 is 0 Å². The number of nitrogens with one attached hydrogen (secondary N) is 3. The highest BCUT2D eigenvalue weighted by Gasteiger charge is 2.08. The van der Waals surface area contributed by atoms with Crippen molar-refractivity contribution in [3.8, 4) is 0 Å². The maximum Gasteiger partial charge on any atom is 0.326 e. The second-order valence-corrected chi connectivity index (χ2v) is 2.01. The number of H-pyrrole nitrogens is 3. The molecule has 0 bridgehead atoms. The summed E-state index contributed by atoms with van der Waals surface area (Å²) < 4.78 is 0. The van der Waals surface area contributed by atoms with Gasteiger partial charge in [0.15, 0.2) is 0 Å². The Morgan fingerprint density at radius 3 is 3.09 bits per heavy atom. The van der Waals surface area contributed by atoms with E-state index in [2.05, 4.69) is 25.4 Å². The van der Waals surface area contributed by atoms with E-state index in [0.717, 1.165) is 0 Å². The van der Waals surface area contributed by atoms with Crippen molar-refractivity contribution in [2.45, 2.75) is 0 Å². The van der Waals surface area contributed by atoms with E-state index in [1.165, 1.54) is 0 Å². The van der Waals surface area contributed by atoms with Crippen LogP contribution in [0, 0.1) is 0 Å². The van der Waals surface area contributed by atoms with Crippen LogP contribution in [0.1, 0.15) is 0 Å². The lowest BCUT2D eigenvalue weighted by Crippen LogP contribution is -2.21. The van der Waals surface area contributed by atoms with Crippen LogP contribution in [0.2, 0.25) is 0 Å². The molecule has 56 valence electrons. The standard InChI is InChI=1S/C4H4N6O/c5-4-6-2-1(3(11)7-4)8-10-9-2/h(H4,5,6,7,8,9,10,11)/p+1. The summed E-state index contributed by atoms with van der Waals surface area (Å²) in [6, 6.07) is 0. The zero-order chi connectivity index (χ0) is 7.84. The lowest BCUT2D eigenvalue weighted by atomic mass is 10.5. The Balaban J connectivity index is 3.02. The van der Waals surface area contributed by atoms with Crippen molar-refractivity contribution in [3.05, 3.63) is 10.4 Å². The summed E-state index contributed by atoms with van der Waals surface area (Å²) in [5.74, 6) is 0.163. The zero-order valence-electron chi connectivity index (χ0n) is 5.38. The first kappa shape index (κ1) is 5.83. The van der Waals surface area contributed by atoms with Crippen LogP contribution in [0.4, 0.5) is 5.95 Å². The molecule has 0 radical (unpaired) electrons. The van der Waals surface area contributed by atoms with Gasteiger partial charge in [0.25, 0.3) is 5.65 Å². The zero-order valence-corrected chi connectivity index (χ0v) is 5.38. The predicted molar refractivity (Wildman–Crippen MR) is 35.5 cm³/mol. The Kier molecular flexibility index (Phi) is 0.945. The summed E-state index contributed by atoms with van der Waals surface area (Å²) >= 11 is 0. The second kappa shape index (κ2) is 1.78. The number of aromatic amines is 3. The molecule has 0 aliphatic heterocycles. The van der Waals surface area contributed by atoms with Gasteiger partial charge in [-0.1, -0.05) is 0 Å². The summed E-state index contributed by atoms with van der Waals surface area (Å²) in [7, 11) is 0. The summed E-state index contributed by atoms with van der Waals surface area (Å²) in [5, 5.41) is 9.54. The van der Waals surface area contributed by atoms with Crippen molar-refractivity contribution in [1.29, 1.82) is 0 Å².